The Balaban J connectivity index is 2.52. The number of aromatic nitrogens is 2. The molecule has 0 spiro atoms. The van der Waals surface area contributed by atoms with Crippen LogP contribution in [-0.2, 0) is 9.73 Å². The fourth-order valence-electron chi connectivity index (χ4n) is 2.27. The van der Waals surface area contributed by atoms with Gasteiger partial charge >= 0.3 is 5.69 Å². The van der Waals surface area contributed by atoms with Gasteiger partial charge in [-0.1, -0.05) is 11.6 Å². The lowest BCUT2D eigenvalue weighted by Gasteiger charge is -2.34. The maximum absolute atomic E-state index is 13.7. The Morgan fingerprint density at radius 2 is 2.35 bits per heavy atom. The highest BCUT2D eigenvalue weighted by Crippen LogP contribution is 2.43. The fraction of sp³-hybridized carbons (Fsp3) is 0.636. The summed E-state index contributed by atoms with van der Waals surface area (Å²) >= 11 is 6.20. The average Bonchev–Trinajstić information content (AvgIpc) is 2.64. The first-order valence-corrected chi connectivity index (χ1v) is 6.24. The average molecular weight is 309 g/mol. The van der Waals surface area contributed by atoms with Gasteiger partial charge in [-0.15, -0.1) is 0 Å². The largest absolute Gasteiger partial charge is 0.393 e. The summed E-state index contributed by atoms with van der Waals surface area (Å²) in [6, 6.07) is 1.04. The number of nitrogens with zero attached hydrogens (tertiary/aromatic N) is 1. The van der Waals surface area contributed by atoms with Crippen molar-refractivity contribution in [2.75, 3.05) is 13.2 Å². The second kappa shape index (κ2) is 4.96. The van der Waals surface area contributed by atoms with Crippen molar-refractivity contribution in [3.05, 3.63) is 33.1 Å². The van der Waals surface area contributed by atoms with Gasteiger partial charge in [0.25, 0.3) is 5.56 Å². The Labute approximate surface area is 117 Å². The predicted molar refractivity (Wildman–Crippen MR) is 67.5 cm³/mol. The van der Waals surface area contributed by atoms with E-state index < -0.39 is 47.3 Å². The summed E-state index contributed by atoms with van der Waals surface area (Å²) in [4.78, 5) is 22.9. The molecule has 0 radical (unpaired) electrons. The molecule has 0 aromatic carbocycles. The van der Waals surface area contributed by atoms with Gasteiger partial charge in [0, 0.05) is 12.3 Å². The van der Waals surface area contributed by atoms with E-state index in [1.165, 1.54) is 0 Å². The van der Waals surface area contributed by atoms with Crippen LogP contribution in [0.1, 0.15) is 6.92 Å². The van der Waals surface area contributed by atoms with Crippen LogP contribution in [0.3, 0.4) is 0 Å². The smallest absolute Gasteiger partial charge is 0.329 e. The van der Waals surface area contributed by atoms with Gasteiger partial charge in [-0.3, -0.25) is 14.3 Å². The molecule has 7 nitrogen and oxygen atoms in total. The van der Waals surface area contributed by atoms with Crippen LogP contribution >= 0.6 is 11.6 Å². The van der Waals surface area contributed by atoms with Crippen molar-refractivity contribution in [1.82, 2.24) is 9.55 Å². The fourth-order valence-corrected chi connectivity index (χ4v) is 2.64. The van der Waals surface area contributed by atoms with Crippen LogP contribution in [-0.4, -0.2) is 50.9 Å². The van der Waals surface area contributed by atoms with Crippen molar-refractivity contribution in [2.45, 2.75) is 29.8 Å². The van der Waals surface area contributed by atoms with Gasteiger partial charge < -0.3 is 14.9 Å². The molecule has 2 rings (SSSR count). The Morgan fingerprint density at radius 3 is 2.80 bits per heavy atom. The maximum Gasteiger partial charge on any atom is 0.329 e. The molecular formula is C11H14ClFN2O5. The third-order valence-electron chi connectivity index (χ3n) is 3.57. The SMILES string of the molecule is CC(F)[C@]1(CO)OCC(Cl)(n2ccc(=O)[nH]c2=O)[C@@H]1O. The molecule has 0 aliphatic carbocycles. The van der Waals surface area contributed by atoms with Crippen LogP contribution in [0.2, 0.25) is 0 Å². The maximum atomic E-state index is 13.7. The number of hydrogen-bond donors (Lipinski definition) is 3. The highest BCUT2D eigenvalue weighted by Gasteiger charge is 2.61. The molecule has 1 saturated heterocycles. The molecule has 1 aliphatic rings. The second-order valence-electron chi connectivity index (χ2n) is 4.72. The first-order valence-electron chi connectivity index (χ1n) is 5.86. The van der Waals surface area contributed by atoms with E-state index >= 15 is 0 Å². The molecule has 1 aromatic rings. The molecule has 1 fully saturated rings. The molecule has 0 amide bonds. The van der Waals surface area contributed by atoms with Gasteiger partial charge in [0.15, 0.2) is 10.6 Å². The highest BCUT2D eigenvalue weighted by molar-refractivity contribution is 6.22. The van der Waals surface area contributed by atoms with Crippen molar-refractivity contribution in [3.8, 4) is 0 Å². The number of H-pyrrole nitrogens is 1. The molecule has 112 valence electrons. The number of nitrogens with one attached hydrogen (secondary N) is 1. The topological polar surface area (TPSA) is 105 Å². The van der Waals surface area contributed by atoms with E-state index in [9.17, 15) is 24.2 Å². The zero-order valence-corrected chi connectivity index (χ0v) is 11.3. The lowest BCUT2D eigenvalue weighted by Crippen LogP contribution is -2.57. The summed E-state index contributed by atoms with van der Waals surface area (Å²) in [6.07, 6.45) is -2.33. The minimum atomic E-state index is -1.92. The van der Waals surface area contributed by atoms with Crippen molar-refractivity contribution in [2.24, 2.45) is 0 Å². The first kappa shape index (κ1) is 15.2. The summed E-state index contributed by atoms with van der Waals surface area (Å²) < 4.78 is 19.7. The molecule has 2 unspecified atom stereocenters. The molecule has 1 aromatic heterocycles. The number of rotatable bonds is 3. The summed E-state index contributed by atoms with van der Waals surface area (Å²) in [5.41, 5.74) is -3.42. The number of halogens is 2. The predicted octanol–water partition coefficient (Wildman–Crippen LogP) is -1.09. The van der Waals surface area contributed by atoms with E-state index in [0.717, 1.165) is 23.8 Å². The molecule has 20 heavy (non-hydrogen) atoms. The van der Waals surface area contributed by atoms with Gasteiger partial charge in [0.2, 0.25) is 0 Å². The van der Waals surface area contributed by atoms with E-state index in [1.807, 2.05) is 4.98 Å². The monoisotopic (exact) mass is 308 g/mol. The van der Waals surface area contributed by atoms with Crippen LogP contribution in [0.25, 0.3) is 0 Å². The van der Waals surface area contributed by atoms with Gasteiger partial charge in [0.1, 0.15) is 12.3 Å². The Morgan fingerprint density at radius 1 is 1.70 bits per heavy atom. The minimum absolute atomic E-state index is 0.406. The molecule has 0 bridgehead atoms. The van der Waals surface area contributed by atoms with E-state index in [2.05, 4.69) is 0 Å². The van der Waals surface area contributed by atoms with Crippen molar-refractivity contribution in [1.29, 1.82) is 0 Å². The lowest BCUT2D eigenvalue weighted by atomic mass is 9.90. The third-order valence-corrected chi connectivity index (χ3v) is 4.07. The van der Waals surface area contributed by atoms with Crippen LogP contribution < -0.4 is 11.2 Å². The van der Waals surface area contributed by atoms with Crippen LogP contribution in [0.15, 0.2) is 21.9 Å². The van der Waals surface area contributed by atoms with Crippen molar-refractivity contribution < 1.29 is 19.3 Å². The van der Waals surface area contributed by atoms with Gasteiger partial charge in [-0.25, -0.2) is 9.18 Å². The number of aliphatic hydroxyl groups excluding tert-OH is 2. The van der Waals surface area contributed by atoms with Crippen LogP contribution in [0.4, 0.5) is 4.39 Å². The molecule has 0 saturated carbocycles. The summed E-state index contributed by atoms with van der Waals surface area (Å²) in [5, 5.41) is 19.6. The summed E-state index contributed by atoms with van der Waals surface area (Å²) in [6.45, 7) is -0.105. The molecule has 4 atom stereocenters. The Kier molecular flexibility index (Phi) is 3.76. The number of alkyl halides is 2. The quantitative estimate of drug-likeness (QED) is 0.615. The Hall–Kier alpha value is -1.22. The molecular weight excluding hydrogens is 295 g/mol. The van der Waals surface area contributed by atoms with Gasteiger partial charge in [0.05, 0.1) is 13.2 Å². The van der Waals surface area contributed by atoms with Crippen LogP contribution in [0.5, 0.6) is 0 Å². The zero-order chi connectivity index (χ0) is 15.1. The lowest BCUT2D eigenvalue weighted by molar-refractivity contribution is -0.131. The second-order valence-corrected chi connectivity index (χ2v) is 5.37. The number of aromatic amines is 1. The zero-order valence-electron chi connectivity index (χ0n) is 10.5. The first-order chi connectivity index (χ1) is 9.28. The van der Waals surface area contributed by atoms with Crippen molar-refractivity contribution in [3.63, 3.8) is 0 Å². The molecule has 3 N–H and O–H groups in total. The molecule has 1 aliphatic heterocycles. The third kappa shape index (κ3) is 1.99. The molecule has 2 heterocycles. The summed E-state index contributed by atoms with van der Waals surface area (Å²) in [5.74, 6) is 0. The highest BCUT2D eigenvalue weighted by atomic mass is 35.5. The van der Waals surface area contributed by atoms with E-state index in [1.54, 1.807) is 0 Å². The van der Waals surface area contributed by atoms with E-state index in [4.69, 9.17) is 16.3 Å². The Bertz CT molecular complexity index is 617. The van der Waals surface area contributed by atoms with E-state index in [0.29, 0.717) is 0 Å². The summed E-state index contributed by atoms with van der Waals surface area (Å²) in [7, 11) is 0. The van der Waals surface area contributed by atoms with Crippen LogP contribution in [0, 0.1) is 0 Å². The van der Waals surface area contributed by atoms with Crippen molar-refractivity contribution >= 4 is 11.6 Å². The number of aliphatic hydroxyl groups is 2. The van der Waals surface area contributed by atoms with Gasteiger partial charge in [-0.2, -0.15) is 0 Å². The minimum Gasteiger partial charge on any atom is -0.393 e. The van der Waals surface area contributed by atoms with Gasteiger partial charge in [-0.05, 0) is 6.92 Å². The number of ether oxygens (including phenoxy) is 1. The standard InChI is InChI=1S/C11H14ClFN2O5/c1-6(13)10(4-16)8(18)11(12,5-20-10)15-3-2-7(17)14-9(15)19/h2-3,6,8,16,18H,4-5H2,1H3,(H,14,17,19)/t6?,8-,10+,11?/m1/s1. The normalized spacial score (nSPS) is 35.1. The number of hydrogen-bond acceptors (Lipinski definition) is 5. The van der Waals surface area contributed by atoms with E-state index in [-0.39, 0.29) is 0 Å². The molecule has 9 heteroatoms.